The van der Waals surface area contributed by atoms with Crippen molar-refractivity contribution in [2.45, 2.75) is 19.9 Å². The zero-order chi connectivity index (χ0) is 16.8. The zero-order valence-electron chi connectivity index (χ0n) is 12.7. The van der Waals surface area contributed by atoms with Crippen LogP contribution in [0.25, 0.3) is 0 Å². The first-order chi connectivity index (χ1) is 11.0. The van der Waals surface area contributed by atoms with Crippen LogP contribution >= 0.6 is 15.9 Å². The molecule has 1 amide bonds. The third-order valence-corrected chi connectivity index (χ3v) is 4.05. The Morgan fingerprint density at radius 2 is 1.96 bits per heavy atom. The Balaban J connectivity index is 2.22. The Morgan fingerprint density at radius 1 is 1.26 bits per heavy atom. The third kappa shape index (κ3) is 4.40. The molecule has 3 nitrogen and oxygen atoms in total. The van der Waals surface area contributed by atoms with Gasteiger partial charge in [-0.3, -0.25) is 4.79 Å². The predicted octanol–water partition coefficient (Wildman–Crippen LogP) is 4.51. The van der Waals surface area contributed by atoms with Gasteiger partial charge in [0.15, 0.2) is 0 Å². The molecule has 0 N–H and O–H groups in total. The summed E-state index contributed by atoms with van der Waals surface area (Å²) in [6.07, 6.45) is 0.820. The summed E-state index contributed by atoms with van der Waals surface area (Å²) in [4.78, 5) is 14.4. The van der Waals surface area contributed by atoms with Gasteiger partial charge < -0.3 is 4.90 Å². The van der Waals surface area contributed by atoms with Gasteiger partial charge in [-0.25, -0.2) is 4.39 Å². The first-order valence-corrected chi connectivity index (χ1v) is 8.07. The largest absolute Gasteiger partial charge is 0.334 e. The van der Waals surface area contributed by atoms with E-state index >= 15 is 0 Å². The lowest BCUT2D eigenvalue weighted by Crippen LogP contribution is -2.31. The van der Waals surface area contributed by atoms with Crippen LogP contribution in [-0.2, 0) is 6.54 Å². The molecule has 2 aromatic rings. The van der Waals surface area contributed by atoms with Crippen LogP contribution < -0.4 is 0 Å². The van der Waals surface area contributed by atoms with Gasteiger partial charge in [0.05, 0.1) is 17.2 Å². The molecule has 0 saturated heterocycles. The van der Waals surface area contributed by atoms with E-state index in [-0.39, 0.29) is 11.7 Å². The van der Waals surface area contributed by atoms with Crippen molar-refractivity contribution in [1.29, 1.82) is 5.26 Å². The number of nitriles is 1. The molecular weight excluding hydrogens is 359 g/mol. The van der Waals surface area contributed by atoms with Crippen LogP contribution in [-0.4, -0.2) is 17.4 Å². The van der Waals surface area contributed by atoms with Crippen LogP contribution in [0.15, 0.2) is 46.9 Å². The van der Waals surface area contributed by atoms with E-state index in [9.17, 15) is 9.18 Å². The summed E-state index contributed by atoms with van der Waals surface area (Å²) in [5, 5.41) is 8.83. The van der Waals surface area contributed by atoms with Crippen molar-refractivity contribution in [3.05, 3.63) is 69.4 Å². The van der Waals surface area contributed by atoms with E-state index in [1.807, 2.05) is 19.1 Å². The topological polar surface area (TPSA) is 44.1 Å². The minimum Gasteiger partial charge on any atom is -0.334 e. The number of halogens is 2. The minimum absolute atomic E-state index is 0.150. The maximum absolute atomic E-state index is 13.2. The summed E-state index contributed by atoms with van der Waals surface area (Å²) < 4.78 is 13.6. The highest BCUT2D eigenvalue weighted by Gasteiger charge is 2.18. The lowest BCUT2D eigenvalue weighted by atomic mass is 10.1. The number of hydrogen-bond acceptors (Lipinski definition) is 2. The molecule has 0 bridgehead atoms. The average Bonchev–Trinajstić information content (AvgIpc) is 2.54. The predicted molar refractivity (Wildman–Crippen MR) is 90.3 cm³/mol. The van der Waals surface area contributed by atoms with E-state index in [0.29, 0.717) is 28.7 Å². The molecule has 2 aromatic carbocycles. The van der Waals surface area contributed by atoms with Gasteiger partial charge in [-0.1, -0.05) is 19.1 Å². The number of carbonyl (C=O) groups excluding carboxylic acids is 1. The maximum atomic E-state index is 13.2. The standard InChI is InChI=1S/C18H16BrFN2O/c1-2-9-22(12-14-5-3-13(11-21)4-6-14)18(23)16-8-7-15(20)10-17(16)19/h3-8,10H,2,9,12H2,1H3. The van der Waals surface area contributed by atoms with Crippen molar-refractivity contribution >= 4 is 21.8 Å². The van der Waals surface area contributed by atoms with E-state index in [1.165, 1.54) is 18.2 Å². The molecule has 0 unspecified atom stereocenters. The van der Waals surface area contributed by atoms with Gasteiger partial charge in [0.1, 0.15) is 5.82 Å². The summed E-state index contributed by atoms with van der Waals surface area (Å²) in [6, 6.07) is 13.3. The lowest BCUT2D eigenvalue weighted by molar-refractivity contribution is 0.0742. The van der Waals surface area contributed by atoms with Crippen LogP contribution in [0.4, 0.5) is 4.39 Å². The molecule has 0 saturated carbocycles. The molecule has 2 rings (SSSR count). The van der Waals surface area contributed by atoms with E-state index < -0.39 is 0 Å². The average molecular weight is 375 g/mol. The molecule has 118 valence electrons. The van der Waals surface area contributed by atoms with E-state index in [4.69, 9.17) is 5.26 Å². The number of hydrogen-bond donors (Lipinski definition) is 0. The molecule has 0 fully saturated rings. The second-order valence-corrected chi connectivity index (χ2v) is 6.01. The summed E-state index contributed by atoms with van der Waals surface area (Å²) >= 11 is 3.25. The van der Waals surface area contributed by atoms with Crippen LogP contribution in [0, 0.1) is 17.1 Å². The van der Waals surface area contributed by atoms with E-state index in [1.54, 1.807) is 17.0 Å². The molecule has 23 heavy (non-hydrogen) atoms. The van der Waals surface area contributed by atoms with Crippen LogP contribution in [0.5, 0.6) is 0 Å². The Labute approximate surface area is 143 Å². The van der Waals surface area contributed by atoms with Crippen molar-refractivity contribution in [1.82, 2.24) is 4.90 Å². The molecule has 0 aliphatic carbocycles. The van der Waals surface area contributed by atoms with Crippen LogP contribution in [0.1, 0.15) is 34.8 Å². The molecule has 0 radical (unpaired) electrons. The molecule has 0 aromatic heterocycles. The number of rotatable bonds is 5. The molecule has 0 aliphatic heterocycles. The molecule has 0 spiro atoms. The summed E-state index contributed by atoms with van der Waals surface area (Å²) in [5.74, 6) is -0.536. The molecular formula is C18H16BrFN2O. The smallest absolute Gasteiger partial charge is 0.255 e. The van der Waals surface area contributed by atoms with Crippen molar-refractivity contribution in [2.24, 2.45) is 0 Å². The van der Waals surface area contributed by atoms with Gasteiger partial charge >= 0.3 is 0 Å². The van der Waals surface area contributed by atoms with Gasteiger partial charge in [-0.05, 0) is 58.2 Å². The fourth-order valence-corrected chi connectivity index (χ4v) is 2.78. The van der Waals surface area contributed by atoms with Crippen molar-refractivity contribution in [3.8, 4) is 6.07 Å². The number of amides is 1. The van der Waals surface area contributed by atoms with Crippen molar-refractivity contribution in [3.63, 3.8) is 0 Å². The van der Waals surface area contributed by atoms with Gasteiger partial charge in [-0.2, -0.15) is 5.26 Å². The lowest BCUT2D eigenvalue weighted by Gasteiger charge is -2.23. The highest BCUT2D eigenvalue weighted by molar-refractivity contribution is 9.10. The Bertz CT molecular complexity index is 738. The second-order valence-electron chi connectivity index (χ2n) is 5.16. The monoisotopic (exact) mass is 374 g/mol. The van der Waals surface area contributed by atoms with Gasteiger partial charge in [0.25, 0.3) is 5.91 Å². The summed E-state index contributed by atoms with van der Waals surface area (Å²) in [6.45, 7) is 3.05. The summed E-state index contributed by atoms with van der Waals surface area (Å²) in [7, 11) is 0. The van der Waals surface area contributed by atoms with E-state index in [0.717, 1.165) is 12.0 Å². The fraction of sp³-hybridized carbons (Fsp3) is 0.222. The fourth-order valence-electron chi connectivity index (χ4n) is 2.26. The van der Waals surface area contributed by atoms with Gasteiger partial charge in [0.2, 0.25) is 0 Å². The number of benzene rings is 2. The van der Waals surface area contributed by atoms with Crippen LogP contribution in [0.2, 0.25) is 0 Å². The first-order valence-electron chi connectivity index (χ1n) is 7.28. The molecule has 0 heterocycles. The van der Waals surface area contributed by atoms with Gasteiger partial charge in [-0.15, -0.1) is 0 Å². The highest BCUT2D eigenvalue weighted by Crippen LogP contribution is 2.21. The second kappa shape index (κ2) is 7.89. The Hall–Kier alpha value is -2.19. The Kier molecular flexibility index (Phi) is 5.89. The van der Waals surface area contributed by atoms with Crippen LogP contribution in [0.3, 0.4) is 0 Å². The number of carbonyl (C=O) groups is 1. The maximum Gasteiger partial charge on any atom is 0.255 e. The zero-order valence-corrected chi connectivity index (χ0v) is 14.3. The minimum atomic E-state index is -0.387. The quantitative estimate of drug-likeness (QED) is 0.772. The molecule has 5 heteroatoms. The van der Waals surface area contributed by atoms with Crippen molar-refractivity contribution in [2.75, 3.05) is 6.54 Å². The SMILES string of the molecule is CCCN(Cc1ccc(C#N)cc1)C(=O)c1ccc(F)cc1Br. The molecule has 0 aliphatic rings. The first kappa shape index (κ1) is 17.2. The van der Waals surface area contributed by atoms with Gasteiger partial charge in [0, 0.05) is 17.6 Å². The van der Waals surface area contributed by atoms with E-state index in [2.05, 4.69) is 22.0 Å². The third-order valence-electron chi connectivity index (χ3n) is 3.40. The van der Waals surface area contributed by atoms with Crippen molar-refractivity contribution < 1.29 is 9.18 Å². The normalized spacial score (nSPS) is 10.2. The molecule has 0 atom stereocenters. The highest BCUT2D eigenvalue weighted by atomic mass is 79.9. The summed E-state index contributed by atoms with van der Waals surface area (Å²) in [5.41, 5.74) is 1.97. The Morgan fingerprint density at radius 3 is 2.52 bits per heavy atom. The number of nitrogens with zero attached hydrogens (tertiary/aromatic N) is 2.